The quantitative estimate of drug-likeness (QED) is 0.450. The Hall–Kier alpha value is -1.85. The topological polar surface area (TPSA) is 65.0 Å². The zero-order chi connectivity index (χ0) is 22.8. The molecule has 168 valence electrons. The maximum atomic E-state index is 11.2. The summed E-state index contributed by atoms with van der Waals surface area (Å²) >= 11 is -0.0659. The molecule has 0 radical (unpaired) electrons. The minimum absolute atomic E-state index is 0.0613. The summed E-state index contributed by atoms with van der Waals surface area (Å²) in [5.41, 5.74) is 3.11. The molecule has 2 aromatic carbocycles. The molecule has 0 saturated carbocycles. The van der Waals surface area contributed by atoms with E-state index in [0.717, 1.165) is 27.5 Å². The third-order valence-corrected chi connectivity index (χ3v) is 8.16. The Kier molecular flexibility index (Phi) is 7.17. The summed E-state index contributed by atoms with van der Waals surface area (Å²) in [5, 5.41) is 9.18. The van der Waals surface area contributed by atoms with E-state index in [2.05, 4.69) is 39.8 Å². The summed E-state index contributed by atoms with van der Waals surface area (Å²) < 4.78 is 19.3. The molecule has 0 heterocycles. The van der Waals surface area contributed by atoms with Gasteiger partial charge >= 0.3 is 191 Å². The standard InChI is InChI=1S/C25H32O5Se/c1-7-29-23(28-6)30-20-14-18-19(25(4,5)13-12-24(18,2)3)15-21(20)31-17-10-8-16(9-11-17)22(26)27/h8-11,14-15,23H,7,12-13H2,1-6H3,(H,26,27). The van der Waals surface area contributed by atoms with Crippen molar-refractivity contribution in [2.45, 2.75) is 64.8 Å². The number of rotatable bonds is 8. The number of aromatic carboxylic acids is 1. The first-order valence-electron chi connectivity index (χ1n) is 10.6. The predicted octanol–water partition coefficient (Wildman–Crippen LogP) is 3.73. The normalized spacial score (nSPS) is 17.6. The molecule has 2 aromatic rings. The van der Waals surface area contributed by atoms with Crippen LogP contribution in [-0.4, -0.2) is 46.2 Å². The first-order chi connectivity index (χ1) is 14.6. The fourth-order valence-corrected chi connectivity index (χ4v) is 5.84. The first kappa shape index (κ1) is 23.8. The van der Waals surface area contributed by atoms with E-state index in [-0.39, 0.29) is 25.8 Å². The maximum absolute atomic E-state index is 11.2. The van der Waals surface area contributed by atoms with Gasteiger partial charge in [-0.2, -0.15) is 0 Å². The molecular formula is C25H32O5Se. The molecule has 1 N–H and O–H groups in total. The van der Waals surface area contributed by atoms with E-state index in [1.54, 1.807) is 19.2 Å². The zero-order valence-electron chi connectivity index (χ0n) is 19.2. The first-order valence-corrected chi connectivity index (χ1v) is 12.3. The van der Waals surface area contributed by atoms with E-state index in [9.17, 15) is 9.90 Å². The molecule has 1 unspecified atom stereocenters. The molecule has 1 aliphatic rings. The Labute approximate surface area is 191 Å². The molecule has 0 amide bonds. The minimum atomic E-state index is -0.916. The van der Waals surface area contributed by atoms with Gasteiger partial charge in [0, 0.05) is 0 Å². The Bertz CT molecular complexity index is 934. The Morgan fingerprint density at radius 2 is 1.65 bits per heavy atom. The second-order valence-corrected chi connectivity index (χ2v) is 11.5. The third-order valence-electron chi connectivity index (χ3n) is 5.96. The van der Waals surface area contributed by atoms with Crippen molar-refractivity contribution in [1.82, 2.24) is 0 Å². The van der Waals surface area contributed by atoms with Crippen molar-refractivity contribution in [1.29, 1.82) is 0 Å². The summed E-state index contributed by atoms with van der Waals surface area (Å²) in [7, 11) is 1.57. The van der Waals surface area contributed by atoms with Crippen molar-refractivity contribution >= 4 is 29.8 Å². The molecule has 0 saturated heterocycles. The molecular weight excluding hydrogens is 459 g/mol. The average Bonchev–Trinajstić information content (AvgIpc) is 2.72. The molecule has 0 aromatic heterocycles. The number of benzene rings is 2. The van der Waals surface area contributed by atoms with E-state index in [1.807, 2.05) is 19.1 Å². The van der Waals surface area contributed by atoms with Crippen molar-refractivity contribution < 1.29 is 24.1 Å². The summed E-state index contributed by atoms with van der Waals surface area (Å²) in [6.45, 7) is 10.8. The molecule has 0 bridgehead atoms. The zero-order valence-corrected chi connectivity index (χ0v) is 20.9. The number of methoxy groups -OCH3 is 1. The van der Waals surface area contributed by atoms with Crippen molar-refractivity contribution in [3.8, 4) is 5.75 Å². The Morgan fingerprint density at radius 1 is 1.06 bits per heavy atom. The summed E-state index contributed by atoms with van der Waals surface area (Å²) in [4.78, 5) is 11.2. The van der Waals surface area contributed by atoms with Crippen molar-refractivity contribution in [3.05, 3.63) is 53.1 Å². The van der Waals surface area contributed by atoms with E-state index in [0.29, 0.717) is 12.2 Å². The van der Waals surface area contributed by atoms with Gasteiger partial charge in [-0.1, -0.05) is 0 Å². The number of fused-ring (bicyclic) bond motifs is 1. The van der Waals surface area contributed by atoms with Gasteiger partial charge in [0.1, 0.15) is 0 Å². The molecule has 6 heteroatoms. The molecule has 0 aliphatic heterocycles. The van der Waals surface area contributed by atoms with Crippen LogP contribution in [0.2, 0.25) is 0 Å². The number of hydrogen-bond donors (Lipinski definition) is 1. The molecule has 1 atom stereocenters. The molecule has 5 nitrogen and oxygen atoms in total. The van der Waals surface area contributed by atoms with E-state index in [1.165, 1.54) is 11.1 Å². The van der Waals surface area contributed by atoms with Gasteiger partial charge in [-0.3, -0.25) is 0 Å². The molecule has 0 fully saturated rings. The fraction of sp³-hybridized carbons (Fsp3) is 0.480. The van der Waals surface area contributed by atoms with E-state index < -0.39 is 12.4 Å². The van der Waals surface area contributed by atoms with Crippen molar-refractivity contribution in [3.63, 3.8) is 0 Å². The van der Waals surface area contributed by atoms with E-state index in [4.69, 9.17) is 14.2 Å². The number of carbonyl (C=O) groups is 1. The van der Waals surface area contributed by atoms with Crippen LogP contribution in [0.15, 0.2) is 36.4 Å². The number of hydrogen-bond acceptors (Lipinski definition) is 4. The van der Waals surface area contributed by atoms with Crippen LogP contribution in [0.3, 0.4) is 0 Å². The van der Waals surface area contributed by atoms with Crippen molar-refractivity contribution in [2.24, 2.45) is 0 Å². The molecule has 0 spiro atoms. The van der Waals surface area contributed by atoms with E-state index >= 15 is 0 Å². The van der Waals surface area contributed by atoms with Gasteiger partial charge in [-0.05, 0) is 0 Å². The molecule has 31 heavy (non-hydrogen) atoms. The van der Waals surface area contributed by atoms with Gasteiger partial charge in [0.05, 0.1) is 0 Å². The fourth-order valence-electron chi connectivity index (χ4n) is 3.93. The van der Waals surface area contributed by atoms with Gasteiger partial charge < -0.3 is 0 Å². The number of ether oxygens (including phenoxy) is 3. The summed E-state index contributed by atoms with van der Waals surface area (Å²) in [6, 6.07) is 11.5. The van der Waals surface area contributed by atoms with Crippen LogP contribution in [-0.2, 0) is 20.3 Å². The monoisotopic (exact) mass is 492 g/mol. The van der Waals surface area contributed by atoms with Crippen LogP contribution in [0.25, 0.3) is 0 Å². The van der Waals surface area contributed by atoms with Crippen LogP contribution < -0.4 is 13.7 Å². The van der Waals surface area contributed by atoms with Crippen molar-refractivity contribution in [2.75, 3.05) is 13.7 Å². The second kappa shape index (κ2) is 9.33. The predicted molar refractivity (Wildman–Crippen MR) is 123 cm³/mol. The summed E-state index contributed by atoms with van der Waals surface area (Å²) in [6.07, 6.45) is 2.25. The van der Waals surface area contributed by atoms with Crippen LogP contribution in [0, 0.1) is 0 Å². The number of carboxylic acid groups (broad SMARTS) is 1. The van der Waals surface area contributed by atoms with Gasteiger partial charge in [-0.25, -0.2) is 0 Å². The van der Waals surface area contributed by atoms with Gasteiger partial charge in [-0.15, -0.1) is 0 Å². The molecule has 1 aliphatic carbocycles. The van der Waals surface area contributed by atoms with Gasteiger partial charge in [0.2, 0.25) is 0 Å². The second-order valence-electron chi connectivity index (χ2n) is 9.14. The van der Waals surface area contributed by atoms with Crippen LogP contribution in [0.1, 0.15) is 68.9 Å². The third kappa shape index (κ3) is 5.32. The van der Waals surface area contributed by atoms with Crippen LogP contribution >= 0.6 is 0 Å². The Balaban J connectivity index is 2.07. The van der Waals surface area contributed by atoms with Crippen LogP contribution in [0.4, 0.5) is 0 Å². The summed E-state index contributed by atoms with van der Waals surface area (Å²) in [5.74, 6) is -0.146. The van der Waals surface area contributed by atoms with Gasteiger partial charge in [0.25, 0.3) is 0 Å². The Morgan fingerprint density at radius 3 is 2.16 bits per heavy atom. The van der Waals surface area contributed by atoms with Gasteiger partial charge in [0.15, 0.2) is 0 Å². The SMILES string of the molecule is CCOC(OC)Oc1cc2c(cc1[Se]c1ccc(C(=O)O)cc1)C(C)(C)CCC2(C)C. The average molecular weight is 491 g/mol. The van der Waals surface area contributed by atoms with Crippen LogP contribution in [0.5, 0.6) is 5.75 Å². The molecule has 3 rings (SSSR count). The number of carboxylic acids is 1.